The molecule has 0 fully saturated rings. The molecule has 0 bridgehead atoms. The van der Waals surface area contributed by atoms with Gasteiger partial charge >= 0.3 is 12.3 Å². The number of nitrogens with zero attached hydrogens (tertiary/aromatic N) is 1. The molecule has 0 aliphatic heterocycles. The smallest absolute Gasteiger partial charge is 0.417 e. The number of carbonyl (C=O) groups is 1. The Kier molecular flexibility index (Phi) is 5.95. The van der Waals surface area contributed by atoms with Crippen LogP contribution in [0, 0.1) is 0 Å². The number of aromatic nitrogens is 1. The molecule has 0 saturated carbocycles. The van der Waals surface area contributed by atoms with Crippen molar-refractivity contribution in [3.8, 4) is 0 Å². The van der Waals surface area contributed by atoms with Crippen molar-refractivity contribution < 1.29 is 32.9 Å². The highest BCUT2D eigenvalue weighted by Crippen LogP contribution is 2.29. The van der Waals surface area contributed by atoms with Crippen molar-refractivity contribution in [1.29, 1.82) is 0 Å². The number of carbonyl (C=O) groups excluding carboxylic acids is 1. The third kappa shape index (κ3) is 6.41. The number of aliphatic hydroxyl groups excluding tert-OH is 2. The van der Waals surface area contributed by atoms with E-state index in [4.69, 9.17) is 4.74 Å². The summed E-state index contributed by atoms with van der Waals surface area (Å²) in [5, 5.41) is 21.9. The molecular weight excluding hydrogens is 317 g/mol. The van der Waals surface area contributed by atoms with E-state index in [0.29, 0.717) is 6.20 Å². The molecule has 130 valence electrons. The van der Waals surface area contributed by atoms with Crippen molar-refractivity contribution in [3.63, 3.8) is 0 Å². The molecule has 1 heterocycles. The Balaban J connectivity index is 2.60. The van der Waals surface area contributed by atoms with E-state index in [-0.39, 0.29) is 12.2 Å². The first-order chi connectivity index (χ1) is 10.4. The Morgan fingerprint density at radius 1 is 1.30 bits per heavy atom. The summed E-state index contributed by atoms with van der Waals surface area (Å²) < 4.78 is 42.2. The average molecular weight is 336 g/mol. The van der Waals surface area contributed by atoms with Crippen LogP contribution >= 0.6 is 0 Å². The summed E-state index contributed by atoms with van der Waals surface area (Å²) in [6.45, 7) is 4.62. The summed E-state index contributed by atoms with van der Waals surface area (Å²) in [6.07, 6.45) is -7.76. The van der Waals surface area contributed by atoms with Crippen molar-refractivity contribution in [2.24, 2.45) is 0 Å². The molecule has 1 aromatic heterocycles. The highest BCUT2D eigenvalue weighted by Gasteiger charge is 2.31. The van der Waals surface area contributed by atoms with E-state index in [1.165, 1.54) is 0 Å². The molecule has 0 saturated heterocycles. The Hall–Kier alpha value is -1.87. The van der Waals surface area contributed by atoms with Crippen LogP contribution in [0.4, 0.5) is 18.0 Å². The standard InChI is InChI=1S/C14H19F3N2O4/c1-13(2,3)23-12(22)19-7-10(20)11(21)9-5-4-8(6-18-9)14(15,16)17/h4-6,10-11,20-21H,7H2,1-3H3,(H,19,22). The van der Waals surface area contributed by atoms with E-state index < -0.39 is 35.6 Å². The van der Waals surface area contributed by atoms with Crippen LogP contribution in [0.3, 0.4) is 0 Å². The topological polar surface area (TPSA) is 91.7 Å². The molecule has 23 heavy (non-hydrogen) atoms. The van der Waals surface area contributed by atoms with Gasteiger partial charge in [0.15, 0.2) is 0 Å². The Morgan fingerprint density at radius 2 is 1.91 bits per heavy atom. The molecule has 1 amide bonds. The number of pyridine rings is 1. The van der Waals surface area contributed by atoms with Gasteiger partial charge in [-0.1, -0.05) is 0 Å². The van der Waals surface area contributed by atoms with Gasteiger partial charge in [0.1, 0.15) is 17.8 Å². The number of hydrogen-bond donors (Lipinski definition) is 3. The van der Waals surface area contributed by atoms with Crippen LogP contribution < -0.4 is 5.32 Å². The Bertz CT molecular complexity index is 526. The number of rotatable bonds is 4. The van der Waals surface area contributed by atoms with Gasteiger partial charge in [0.2, 0.25) is 0 Å². The minimum Gasteiger partial charge on any atom is -0.444 e. The number of ether oxygens (including phenoxy) is 1. The van der Waals surface area contributed by atoms with E-state index >= 15 is 0 Å². The number of alkyl carbamates (subject to hydrolysis) is 1. The molecule has 0 aliphatic carbocycles. The first-order valence-electron chi connectivity index (χ1n) is 6.76. The Morgan fingerprint density at radius 3 is 2.35 bits per heavy atom. The van der Waals surface area contributed by atoms with Gasteiger partial charge in [-0.05, 0) is 32.9 Å². The summed E-state index contributed by atoms with van der Waals surface area (Å²) in [5.74, 6) is 0. The van der Waals surface area contributed by atoms with Gasteiger partial charge in [0.05, 0.1) is 11.3 Å². The van der Waals surface area contributed by atoms with Gasteiger partial charge in [-0.3, -0.25) is 4.98 Å². The second-order valence-electron chi connectivity index (χ2n) is 5.86. The largest absolute Gasteiger partial charge is 0.444 e. The van der Waals surface area contributed by atoms with Gasteiger partial charge in [-0.15, -0.1) is 0 Å². The molecule has 1 aromatic rings. The summed E-state index contributed by atoms with van der Waals surface area (Å²) in [5.41, 5.74) is -1.82. The van der Waals surface area contributed by atoms with E-state index in [1.807, 2.05) is 0 Å². The fourth-order valence-corrected chi connectivity index (χ4v) is 1.56. The quantitative estimate of drug-likeness (QED) is 0.782. The van der Waals surface area contributed by atoms with Crippen molar-refractivity contribution in [2.75, 3.05) is 6.54 Å². The minimum absolute atomic E-state index is 0.142. The van der Waals surface area contributed by atoms with Gasteiger partial charge < -0.3 is 20.3 Å². The van der Waals surface area contributed by atoms with Gasteiger partial charge in [-0.2, -0.15) is 13.2 Å². The second kappa shape index (κ2) is 7.14. The zero-order valence-electron chi connectivity index (χ0n) is 12.9. The van der Waals surface area contributed by atoms with Crippen LogP contribution in [0.1, 0.15) is 38.1 Å². The maximum Gasteiger partial charge on any atom is 0.417 e. The van der Waals surface area contributed by atoms with E-state index in [9.17, 15) is 28.2 Å². The van der Waals surface area contributed by atoms with E-state index in [2.05, 4.69) is 10.3 Å². The Labute approximate surface area is 131 Å². The van der Waals surface area contributed by atoms with Gasteiger partial charge in [0, 0.05) is 12.7 Å². The summed E-state index contributed by atoms with van der Waals surface area (Å²) in [7, 11) is 0. The lowest BCUT2D eigenvalue weighted by Gasteiger charge is -2.22. The summed E-state index contributed by atoms with van der Waals surface area (Å²) >= 11 is 0. The lowest BCUT2D eigenvalue weighted by atomic mass is 10.1. The van der Waals surface area contributed by atoms with E-state index in [1.54, 1.807) is 20.8 Å². The van der Waals surface area contributed by atoms with Crippen LogP contribution in [0.2, 0.25) is 0 Å². The molecule has 0 aromatic carbocycles. The van der Waals surface area contributed by atoms with Crippen LogP contribution in [0.15, 0.2) is 18.3 Å². The zero-order valence-corrected chi connectivity index (χ0v) is 12.9. The molecule has 3 N–H and O–H groups in total. The maximum absolute atomic E-state index is 12.4. The molecule has 9 heteroatoms. The predicted octanol–water partition coefficient (Wildman–Crippen LogP) is 2.02. The second-order valence-corrected chi connectivity index (χ2v) is 5.86. The highest BCUT2D eigenvalue weighted by atomic mass is 19.4. The van der Waals surface area contributed by atoms with Crippen molar-refractivity contribution in [2.45, 2.75) is 44.8 Å². The molecule has 1 rings (SSSR count). The molecule has 6 nitrogen and oxygen atoms in total. The molecule has 0 aliphatic rings. The predicted molar refractivity (Wildman–Crippen MR) is 74.4 cm³/mol. The van der Waals surface area contributed by atoms with Crippen molar-refractivity contribution >= 4 is 6.09 Å². The molecule has 0 radical (unpaired) electrons. The number of hydrogen-bond acceptors (Lipinski definition) is 5. The molecule has 2 unspecified atom stereocenters. The summed E-state index contributed by atoms with van der Waals surface area (Å²) in [4.78, 5) is 14.9. The number of aliphatic hydroxyl groups is 2. The fourth-order valence-electron chi connectivity index (χ4n) is 1.56. The molecule has 0 spiro atoms. The van der Waals surface area contributed by atoms with Gasteiger partial charge in [-0.25, -0.2) is 4.79 Å². The van der Waals surface area contributed by atoms with E-state index in [0.717, 1.165) is 12.1 Å². The third-order valence-electron chi connectivity index (χ3n) is 2.64. The minimum atomic E-state index is -4.53. The van der Waals surface area contributed by atoms with Crippen molar-refractivity contribution in [3.05, 3.63) is 29.6 Å². The first kappa shape index (κ1) is 19.2. The number of nitrogens with one attached hydrogen (secondary N) is 1. The van der Waals surface area contributed by atoms with Crippen LogP contribution in [-0.4, -0.2) is 39.5 Å². The van der Waals surface area contributed by atoms with Crippen LogP contribution in [0.25, 0.3) is 0 Å². The molecular formula is C14H19F3N2O4. The van der Waals surface area contributed by atoms with Crippen molar-refractivity contribution in [1.82, 2.24) is 10.3 Å². The van der Waals surface area contributed by atoms with Crippen LogP contribution in [-0.2, 0) is 10.9 Å². The van der Waals surface area contributed by atoms with Crippen LogP contribution in [0.5, 0.6) is 0 Å². The number of alkyl halides is 3. The monoisotopic (exact) mass is 336 g/mol. The summed E-state index contributed by atoms with van der Waals surface area (Å²) in [6, 6.07) is 1.71. The SMILES string of the molecule is CC(C)(C)OC(=O)NCC(O)C(O)c1ccc(C(F)(F)F)cn1. The zero-order chi connectivity index (χ0) is 17.8. The lowest BCUT2D eigenvalue weighted by Crippen LogP contribution is -2.39. The van der Waals surface area contributed by atoms with Gasteiger partial charge in [0.25, 0.3) is 0 Å². The third-order valence-corrected chi connectivity index (χ3v) is 2.64. The number of amides is 1. The number of halogens is 3. The normalized spacial score (nSPS) is 15.0. The lowest BCUT2D eigenvalue weighted by molar-refractivity contribution is -0.137. The average Bonchev–Trinajstić information content (AvgIpc) is 2.41. The first-order valence-corrected chi connectivity index (χ1v) is 6.76. The maximum atomic E-state index is 12.4. The fraction of sp³-hybridized carbons (Fsp3) is 0.571. The highest BCUT2D eigenvalue weighted by molar-refractivity contribution is 5.67. The molecule has 2 atom stereocenters.